The van der Waals surface area contributed by atoms with Crippen LogP contribution in [0.4, 0.5) is 0 Å². The zero-order valence-electron chi connectivity index (χ0n) is 10.7. The molecular formula is C16H16N2O. The van der Waals surface area contributed by atoms with Gasteiger partial charge >= 0.3 is 0 Å². The van der Waals surface area contributed by atoms with Crippen LogP contribution in [0.5, 0.6) is 5.75 Å². The molecule has 2 aromatic rings. The third kappa shape index (κ3) is 4.13. The minimum Gasteiger partial charge on any atom is -0.492 e. The van der Waals surface area contributed by atoms with Crippen molar-refractivity contribution in [2.75, 3.05) is 13.2 Å². The Balaban J connectivity index is 1.96. The first-order valence-electron chi connectivity index (χ1n) is 6.20. The van der Waals surface area contributed by atoms with Gasteiger partial charge in [-0.05, 0) is 29.8 Å². The third-order valence-corrected chi connectivity index (χ3v) is 2.61. The fourth-order valence-corrected chi connectivity index (χ4v) is 1.67. The van der Waals surface area contributed by atoms with E-state index < -0.39 is 0 Å². The van der Waals surface area contributed by atoms with Crippen LogP contribution in [0.1, 0.15) is 11.1 Å². The molecule has 0 aliphatic heterocycles. The van der Waals surface area contributed by atoms with E-state index in [2.05, 4.69) is 16.8 Å². The van der Waals surface area contributed by atoms with Crippen LogP contribution >= 0.6 is 0 Å². The Bertz CT molecular complexity index is 570. The summed E-state index contributed by atoms with van der Waals surface area (Å²) in [6.45, 7) is 0.969. The molecular weight excluding hydrogens is 236 g/mol. The number of para-hydroxylation sites is 1. The Hall–Kier alpha value is -2.31. The summed E-state index contributed by atoms with van der Waals surface area (Å²) in [5.41, 5.74) is 7.47. The highest BCUT2D eigenvalue weighted by Crippen LogP contribution is 2.16. The minimum atomic E-state index is 0.353. The molecule has 0 saturated carbocycles. The van der Waals surface area contributed by atoms with Crippen molar-refractivity contribution in [1.29, 1.82) is 0 Å². The summed E-state index contributed by atoms with van der Waals surface area (Å²) in [5, 5.41) is 0. The van der Waals surface area contributed by atoms with Crippen LogP contribution < -0.4 is 10.5 Å². The number of nitrogens with zero attached hydrogens (tertiary/aromatic N) is 1. The Morgan fingerprint density at radius 1 is 1.11 bits per heavy atom. The van der Waals surface area contributed by atoms with Gasteiger partial charge in [-0.15, -0.1) is 0 Å². The van der Waals surface area contributed by atoms with Gasteiger partial charge in [-0.25, -0.2) is 0 Å². The van der Waals surface area contributed by atoms with Gasteiger partial charge < -0.3 is 10.5 Å². The van der Waals surface area contributed by atoms with Gasteiger partial charge in [0.2, 0.25) is 0 Å². The number of nitrogens with two attached hydrogens (primary N) is 1. The molecule has 0 aliphatic rings. The zero-order valence-corrected chi connectivity index (χ0v) is 10.7. The van der Waals surface area contributed by atoms with E-state index in [9.17, 15) is 0 Å². The molecule has 3 nitrogen and oxygen atoms in total. The first kappa shape index (κ1) is 13.1. The quantitative estimate of drug-likeness (QED) is 0.847. The summed E-state index contributed by atoms with van der Waals surface area (Å²) in [6.07, 6.45) is 4.42. The summed E-state index contributed by atoms with van der Waals surface area (Å²) < 4.78 is 5.77. The van der Waals surface area contributed by atoms with Crippen molar-refractivity contribution in [3.05, 3.63) is 59.9 Å². The standard InChI is InChI=1S/C16H16N2O/c17-10-3-5-15-4-1-2-6-16(15)19-13-9-14-7-11-18-12-8-14/h1-2,4,6-8,11-12H,9-10,13,17H2. The molecule has 0 saturated heterocycles. The molecule has 3 heteroatoms. The SMILES string of the molecule is NCC#Cc1ccccc1OCCc1ccncc1. The Labute approximate surface area is 113 Å². The summed E-state index contributed by atoms with van der Waals surface area (Å²) in [4.78, 5) is 3.99. The Morgan fingerprint density at radius 2 is 1.89 bits per heavy atom. The molecule has 0 fully saturated rings. The van der Waals surface area contributed by atoms with Crippen molar-refractivity contribution < 1.29 is 4.74 Å². The number of ether oxygens (including phenoxy) is 1. The summed E-state index contributed by atoms with van der Waals surface area (Å²) in [5.74, 6) is 6.66. The summed E-state index contributed by atoms with van der Waals surface area (Å²) >= 11 is 0. The molecule has 0 bridgehead atoms. The number of pyridine rings is 1. The molecule has 1 aromatic carbocycles. The van der Waals surface area contributed by atoms with Crippen molar-refractivity contribution >= 4 is 0 Å². The maximum atomic E-state index is 5.77. The fourth-order valence-electron chi connectivity index (χ4n) is 1.67. The van der Waals surface area contributed by atoms with Crippen LogP contribution in [0.25, 0.3) is 0 Å². The van der Waals surface area contributed by atoms with Crippen molar-refractivity contribution in [2.45, 2.75) is 6.42 Å². The van der Waals surface area contributed by atoms with Crippen LogP contribution in [0.15, 0.2) is 48.8 Å². The highest BCUT2D eigenvalue weighted by atomic mass is 16.5. The maximum Gasteiger partial charge on any atom is 0.134 e. The molecule has 0 unspecified atom stereocenters. The van der Waals surface area contributed by atoms with E-state index in [0.29, 0.717) is 13.2 Å². The number of rotatable bonds is 4. The van der Waals surface area contributed by atoms with Gasteiger partial charge in [0.1, 0.15) is 5.75 Å². The maximum absolute atomic E-state index is 5.77. The van der Waals surface area contributed by atoms with E-state index in [-0.39, 0.29) is 0 Å². The van der Waals surface area contributed by atoms with Crippen molar-refractivity contribution in [1.82, 2.24) is 4.98 Å². The van der Waals surface area contributed by atoms with E-state index in [1.807, 2.05) is 36.4 Å². The lowest BCUT2D eigenvalue weighted by Crippen LogP contribution is -2.02. The van der Waals surface area contributed by atoms with Gasteiger partial charge in [0.15, 0.2) is 0 Å². The van der Waals surface area contributed by atoms with Crippen LogP contribution in [0, 0.1) is 11.8 Å². The van der Waals surface area contributed by atoms with Gasteiger partial charge in [-0.1, -0.05) is 24.0 Å². The van der Waals surface area contributed by atoms with Crippen molar-refractivity contribution in [3.63, 3.8) is 0 Å². The molecule has 1 aromatic heterocycles. The fraction of sp³-hybridized carbons (Fsp3) is 0.188. The molecule has 0 radical (unpaired) electrons. The van der Waals surface area contributed by atoms with Gasteiger partial charge in [0.25, 0.3) is 0 Å². The lowest BCUT2D eigenvalue weighted by Gasteiger charge is -2.08. The Morgan fingerprint density at radius 3 is 2.68 bits per heavy atom. The summed E-state index contributed by atoms with van der Waals surface area (Å²) in [6, 6.07) is 11.7. The van der Waals surface area contributed by atoms with Gasteiger partial charge in [0.05, 0.1) is 18.7 Å². The van der Waals surface area contributed by atoms with E-state index in [1.165, 1.54) is 5.56 Å². The molecule has 96 valence electrons. The lowest BCUT2D eigenvalue weighted by atomic mass is 10.2. The van der Waals surface area contributed by atoms with E-state index in [4.69, 9.17) is 10.5 Å². The van der Waals surface area contributed by atoms with Gasteiger partial charge in [0, 0.05) is 18.8 Å². The summed E-state index contributed by atoms with van der Waals surface area (Å²) in [7, 11) is 0. The topological polar surface area (TPSA) is 48.1 Å². The lowest BCUT2D eigenvalue weighted by molar-refractivity contribution is 0.321. The molecule has 1 heterocycles. The normalized spacial score (nSPS) is 9.53. The molecule has 0 spiro atoms. The van der Waals surface area contributed by atoms with Crippen molar-refractivity contribution in [3.8, 4) is 17.6 Å². The smallest absolute Gasteiger partial charge is 0.134 e. The number of aromatic nitrogens is 1. The van der Waals surface area contributed by atoms with Crippen LogP contribution in [-0.4, -0.2) is 18.1 Å². The van der Waals surface area contributed by atoms with E-state index in [1.54, 1.807) is 12.4 Å². The van der Waals surface area contributed by atoms with E-state index >= 15 is 0 Å². The molecule has 2 N–H and O–H groups in total. The minimum absolute atomic E-state index is 0.353. The van der Waals surface area contributed by atoms with Crippen molar-refractivity contribution in [2.24, 2.45) is 5.73 Å². The monoisotopic (exact) mass is 252 g/mol. The second kappa shape index (κ2) is 7.20. The van der Waals surface area contributed by atoms with Gasteiger partial charge in [-0.2, -0.15) is 0 Å². The first-order valence-corrected chi connectivity index (χ1v) is 6.20. The molecule has 0 atom stereocenters. The molecule has 2 rings (SSSR count). The second-order valence-electron chi connectivity index (χ2n) is 3.96. The average molecular weight is 252 g/mol. The predicted octanol–water partition coefficient (Wildman–Crippen LogP) is 2.01. The highest BCUT2D eigenvalue weighted by molar-refractivity contribution is 5.46. The van der Waals surface area contributed by atoms with Gasteiger partial charge in [-0.3, -0.25) is 4.98 Å². The number of benzene rings is 1. The Kier molecular flexibility index (Phi) is 4.97. The molecule has 19 heavy (non-hydrogen) atoms. The number of hydrogen-bond donors (Lipinski definition) is 1. The second-order valence-corrected chi connectivity index (χ2v) is 3.96. The number of hydrogen-bond acceptors (Lipinski definition) is 3. The third-order valence-electron chi connectivity index (χ3n) is 2.61. The zero-order chi connectivity index (χ0) is 13.3. The molecule has 0 aliphatic carbocycles. The van der Waals surface area contributed by atoms with Crippen LogP contribution in [-0.2, 0) is 6.42 Å². The highest BCUT2D eigenvalue weighted by Gasteiger charge is 2.00. The predicted molar refractivity (Wildman–Crippen MR) is 75.8 cm³/mol. The molecule has 0 amide bonds. The first-order chi connectivity index (χ1) is 9.40. The van der Waals surface area contributed by atoms with Crippen LogP contribution in [0.2, 0.25) is 0 Å². The largest absolute Gasteiger partial charge is 0.492 e. The average Bonchev–Trinajstić information content (AvgIpc) is 2.47. The van der Waals surface area contributed by atoms with E-state index in [0.717, 1.165) is 17.7 Å². The van der Waals surface area contributed by atoms with Crippen LogP contribution in [0.3, 0.4) is 0 Å².